The first-order chi connectivity index (χ1) is 17.4. The number of aliphatic imine (C=N–C) groups is 1. The Morgan fingerprint density at radius 3 is 2.47 bits per heavy atom. The van der Waals surface area contributed by atoms with Crippen LogP contribution in [-0.2, 0) is 11.4 Å². The fraction of sp³-hybridized carbons (Fsp3) is 0.185. The zero-order chi connectivity index (χ0) is 25.7. The monoisotopic (exact) mass is 636 g/mol. The van der Waals surface area contributed by atoms with Crippen LogP contribution in [0.1, 0.15) is 25.0 Å². The van der Waals surface area contributed by atoms with Crippen LogP contribution in [0.15, 0.2) is 70.6 Å². The van der Waals surface area contributed by atoms with E-state index in [-0.39, 0.29) is 11.7 Å². The maximum atomic E-state index is 13.2. The first-order valence-corrected chi connectivity index (χ1v) is 13.5. The molecule has 36 heavy (non-hydrogen) atoms. The largest absolute Gasteiger partial charge is 0.490 e. The molecule has 186 valence electrons. The number of halogens is 3. The van der Waals surface area contributed by atoms with Crippen LogP contribution in [0.2, 0.25) is 5.02 Å². The second kappa shape index (κ2) is 12.1. The molecule has 1 fully saturated rings. The van der Waals surface area contributed by atoms with Crippen molar-refractivity contribution in [2.24, 2.45) is 4.99 Å². The fourth-order valence-electron chi connectivity index (χ4n) is 3.46. The van der Waals surface area contributed by atoms with Gasteiger partial charge in [0.1, 0.15) is 12.4 Å². The highest BCUT2D eigenvalue weighted by Gasteiger charge is 2.32. The second-order valence-corrected chi connectivity index (χ2v) is 10.4. The maximum absolute atomic E-state index is 13.2. The lowest BCUT2D eigenvalue weighted by Gasteiger charge is -2.15. The van der Waals surface area contributed by atoms with Crippen LogP contribution in [0.25, 0.3) is 6.08 Å². The van der Waals surface area contributed by atoms with E-state index in [1.54, 1.807) is 29.2 Å². The highest BCUT2D eigenvalue weighted by molar-refractivity contribution is 14.1. The minimum absolute atomic E-state index is 0.156. The quantitative estimate of drug-likeness (QED) is 0.188. The summed E-state index contributed by atoms with van der Waals surface area (Å²) >= 11 is 10.1. The smallest absolute Gasteiger partial charge is 0.266 e. The highest BCUT2D eigenvalue weighted by atomic mass is 127. The van der Waals surface area contributed by atoms with E-state index in [2.05, 4.69) is 27.6 Å². The Morgan fingerprint density at radius 2 is 1.81 bits per heavy atom. The number of likely N-dealkylation sites (N-methyl/N-ethyl adjacent to an activating group) is 1. The Labute approximate surface area is 232 Å². The summed E-state index contributed by atoms with van der Waals surface area (Å²) in [6.07, 6.45) is 1.76. The molecule has 3 aromatic carbocycles. The molecule has 0 N–H and O–H groups in total. The molecule has 0 aromatic heterocycles. The molecule has 1 heterocycles. The summed E-state index contributed by atoms with van der Waals surface area (Å²) in [6, 6.07) is 17.4. The predicted molar refractivity (Wildman–Crippen MR) is 153 cm³/mol. The zero-order valence-corrected chi connectivity index (χ0v) is 23.4. The average molecular weight is 637 g/mol. The third-order valence-electron chi connectivity index (χ3n) is 5.18. The summed E-state index contributed by atoms with van der Waals surface area (Å²) in [4.78, 5) is 19.7. The van der Waals surface area contributed by atoms with Crippen molar-refractivity contribution < 1.29 is 18.7 Å². The third-order valence-corrected chi connectivity index (χ3v) is 7.19. The lowest BCUT2D eigenvalue weighted by atomic mass is 10.1. The van der Waals surface area contributed by atoms with Crippen LogP contribution in [0.4, 0.5) is 10.1 Å². The SMILES string of the molecule is CCOc1cc(/C=C2/SC(=Nc3ccc(F)cc3)N(CC)C2=O)cc(Cl)c1OCc1ccc(I)cc1. The number of carbonyl (C=O) groups excluding carboxylic acids is 1. The average Bonchev–Trinajstić information content (AvgIpc) is 3.14. The van der Waals surface area contributed by atoms with Crippen molar-refractivity contribution in [1.29, 1.82) is 0 Å². The fourth-order valence-corrected chi connectivity index (χ4v) is 5.15. The van der Waals surface area contributed by atoms with E-state index in [1.165, 1.54) is 23.9 Å². The summed E-state index contributed by atoms with van der Waals surface area (Å²) in [7, 11) is 0. The number of amidine groups is 1. The first kappa shape index (κ1) is 26.5. The maximum Gasteiger partial charge on any atom is 0.266 e. The number of nitrogens with zero attached hydrogens (tertiary/aromatic N) is 2. The molecule has 1 aliphatic heterocycles. The van der Waals surface area contributed by atoms with Gasteiger partial charge in [0.25, 0.3) is 5.91 Å². The second-order valence-electron chi connectivity index (χ2n) is 7.71. The van der Waals surface area contributed by atoms with Crippen molar-refractivity contribution in [3.05, 3.63) is 91.1 Å². The Bertz CT molecular complexity index is 1310. The van der Waals surface area contributed by atoms with Gasteiger partial charge in [0.05, 0.1) is 22.2 Å². The molecular weight excluding hydrogens is 614 g/mol. The Morgan fingerprint density at radius 1 is 1.08 bits per heavy atom. The molecule has 0 atom stereocenters. The molecule has 0 radical (unpaired) electrons. The predicted octanol–water partition coefficient (Wildman–Crippen LogP) is 7.69. The van der Waals surface area contributed by atoms with Crippen molar-refractivity contribution in [1.82, 2.24) is 4.90 Å². The van der Waals surface area contributed by atoms with Crippen LogP contribution < -0.4 is 9.47 Å². The molecule has 0 aliphatic carbocycles. The summed E-state index contributed by atoms with van der Waals surface area (Å²) in [5, 5.41) is 0.926. The summed E-state index contributed by atoms with van der Waals surface area (Å²) in [5.74, 6) is 0.468. The lowest BCUT2D eigenvalue weighted by Crippen LogP contribution is -2.28. The van der Waals surface area contributed by atoms with Gasteiger partial charge in [-0.1, -0.05) is 23.7 Å². The molecule has 4 rings (SSSR count). The normalized spacial score (nSPS) is 15.7. The van der Waals surface area contributed by atoms with E-state index in [9.17, 15) is 9.18 Å². The minimum Gasteiger partial charge on any atom is -0.490 e. The molecule has 0 unspecified atom stereocenters. The molecule has 9 heteroatoms. The van der Waals surface area contributed by atoms with Crippen LogP contribution in [0, 0.1) is 9.39 Å². The Hall–Kier alpha value is -2.56. The number of benzene rings is 3. The van der Waals surface area contributed by atoms with Gasteiger partial charge in [0.2, 0.25) is 0 Å². The van der Waals surface area contributed by atoms with Gasteiger partial charge >= 0.3 is 0 Å². The van der Waals surface area contributed by atoms with Crippen molar-refractivity contribution in [2.45, 2.75) is 20.5 Å². The summed E-state index contributed by atoms with van der Waals surface area (Å²) in [6.45, 7) is 5.00. The van der Waals surface area contributed by atoms with E-state index in [0.29, 0.717) is 57.6 Å². The minimum atomic E-state index is -0.338. The number of hydrogen-bond donors (Lipinski definition) is 0. The molecule has 1 saturated heterocycles. The van der Waals surface area contributed by atoms with Gasteiger partial charge in [0.15, 0.2) is 16.7 Å². The number of hydrogen-bond acceptors (Lipinski definition) is 5. The van der Waals surface area contributed by atoms with Gasteiger partial charge in [-0.3, -0.25) is 9.69 Å². The van der Waals surface area contributed by atoms with Gasteiger partial charge in [-0.25, -0.2) is 9.38 Å². The molecule has 1 aliphatic rings. The lowest BCUT2D eigenvalue weighted by molar-refractivity contribution is -0.122. The van der Waals surface area contributed by atoms with Gasteiger partial charge in [-0.2, -0.15) is 0 Å². The van der Waals surface area contributed by atoms with Crippen LogP contribution >= 0.6 is 46.0 Å². The number of amides is 1. The van der Waals surface area contributed by atoms with Crippen molar-refractivity contribution in [3.63, 3.8) is 0 Å². The molecule has 3 aromatic rings. The van der Waals surface area contributed by atoms with Gasteiger partial charge < -0.3 is 9.47 Å². The van der Waals surface area contributed by atoms with E-state index in [4.69, 9.17) is 21.1 Å². The van der Waals surface area contributed by atoms with Gasteiger partial charge in [-0.15, -0.1) is 0 Å². The van der Waals surface area contributed by atoms with E-state index in [1.807, 2.05) is 44.2 Å². The van der Waals surface area contributed by atoms with Crippen LogP contribution in [0.3, 0.4) is 0 Å². The first-order valence-electron chi connectivity index (χ1n) is 11.3. The number of carbonyl (C=O) groups is 1. The van der Waals surface area contributed by atoms with Crippen molar-refractivity contribution >= 4 is 68.8 Å². The molecule has 0 saturated carbocycles. The van der Waals surface area contributed by atoms with Crippen LogP contribution in [-0.4, -0.2) is 29.1 Å². The van der Waals surface area contributed by atoms with E-state index >= 15 is 0 Å². The van der Waals surface area contributed by atoms with E-state index in [0.717, 1.165) is 9.13 Å². The number of ether oxygens (including phenoxy) is 2. The van der Waals surface area contributed by atoms with Gasteiger partial charge in [0, 0.05) is 10.1 Å². The van der Waals surface area contributed by atoms with Gasteiger partial charge in [-0.05, 0) is 114 Å². The van der Waals surface area contributed by atoms with E-state index < -0.39 is 0 Å². The standard InChI is InChI=1S/C27H23ClFIN2O3S/c1-3-32-26(33)24(36-27(32)31-21-11-7-19(29)8-12-21)15-18-13-22(28)25(23(14-18)34-4-2)35-16-17-5-9-20(30)10-6-17/h5-15H,3-4,16H2,1-2H3/b24-15+,31-27?. The topological polar surface area (TPSA) is 51.1 Å². The molecule has 0 bridgehead atoms. The van der Waals surface area contributed by atoms with Crippen molar-refractivity contribution in [2.75, 3.05) is 13.2 Å². The van der Waals surface area contributed by atoms with Crippen molar-refractivity contribution in [3.8, 4) is 11.5 Å². The zero-order valence-electron chi connectivity index (χ0n) is 19.6. The van der Waals surface area contributed by atoms with Crippen LogP contribution in [0.5, 0.6) is 11.5 Å². The molecule has 0 spiro atoms. The Balaban J connectivity index is 1.60. The molecular formula is C27H23ClFIN2O3S. The summed E-state index contributed by atoms with van der Waals surface area (Å²) in [5.41, 5.74) is 2.29. The summed E-state index contributed by atoms with van der Waals surface area (Å²) < 4.78 is 26.2. The number of thioether (sulfide) groups is 1. The Kier molecular flexibility index (Phi) is 8.92. The molecule has 5 nitrogen and oxygen atoms in total. The highest BCUT2D eigenvalue weighted by Crippen LogP contribution is 2.40. The number of rotatable bonds is 8. The third kappa shape index (κ3) is 6.41. The molecule has 1 amide bonds.